The Morgan fingerprint density at radius 1 is 0.264 bits per heavy atom. The van der Waals surface area contributed by atoms with E-state index in [1.807, 2.05) is 0 Å². The average molecular weight is 684 g/mol. The van der Waals surface area contributed by atoms with Crippen LogP contribution in [-0.4, -0.2) is 0 Å². The first-order valence-electron chi connectivity index (χ1n) is 18.1. The van der Waals surface area contributed by atoms with Crippen LogP contribution in [0.15, 0.2) is 212 Å². The number of rotatable bonds is 10. The van der Waals surface area contributed by atoms with E-state index in [4.69, 9.17) is 0 Å². The van der Waals surface area contributed by atoms with Crippen molar-refractivity contribution < 1.29 is 0 Å². The molecule has 8 rings (SSSR count). The molecule has 256 valence electrons. The van der Waals surface area contributed by atoms with E-state index in [0.717, 1.165) is 51.2 Å². The molecule has 0 unspecified atom stereocenters. The van der Waals surface area contributed by atoms with Crippen LogP contribution in [-0.2, 0) is 0 Å². The number of anilines is 9. The SMILES string of the molecule is Cc1ccc(-c2ccccc2N(c2ccc(N(c3ccccc3)c3ccccc3)cc2)c2ccc(N(c3ccccc3)c3ccccc3)cc2)c(C)c1. The zero-order valence-corrected chi connectivity index (χ0v) is 30.0. The summed E-state index contributed by atoms with van der Waals surface area (Å²) in [5, 5.41) is 0. The minimum atomic E-state index is 1.07. The van der Waals surface area contributed by atoms with Gasteiger partial charge in [-0.15, -0.1) is 0 Å². The van der Waals surface area contributed by atoms with E-state index in [2.05, 4.69) is 241 Å². The maximum atomic E-state index is 2.38. The molecule has 0 bridgehead atoms. The summed E-state index contributed by atoms with van der Waals surface area (Å²) in [6, 6.07) is 75.5. The minimum absolute atomic E-state index is 1.07. The van der Waals surface area contributed by atoms with Gasteiger partial charge in [0.05, 0.1) is 5.69 Å². The van der Waals surface area contributed by atoms with Gasteiger partial charge in [-0.3, -0.25) is 0 Å². The lowest BCUT2D eigenvalue weighted by Crippen LogP contribution is -2.13. The smallest absolute Gasteiger partial charge is 0.0540 e. The lowest BCUT2D eigenvalue weighted by atomic mass is 9.96. The predicted molar refractivity (Wildman–Crippen MR) is 225 cm³/mol. The molecule has 0 amide bonds. The highest BCUT2D eigenvalue weighted by molar-refractivity contribution is 5.90. The summed E-state index contributed by atoms with van der Waals surface area (Å²) < 4.78 is 0. The van der Waals surface area contributed by atoms with Gasteiger partial charge in [0, 0.05) is 51.1 Å². The molecule has 0 atom stereocenters. The molecule has 3 nitrogen and oxygen atoms in total. The van der Waals surface area contributed by atoms with Gasteiger partial charge in [0.2, 0.25) is 0 Å². The Hall–Kier alpha value is -6.84. The zero-order valence-electron chi connectivity index (χ0n) is 30.0. The van der Waals surface area contributed by atoms with Gasteiger partial charge in [-0.1, -0.05) is 115 Å². The minimum Gasteiger partial charge on any atom is -0.311 e. The van der Waals surface area contributed by atoms with Gasteiger partial charge < -0.3 is 14.7 Å². The van der Waals surface area contributed by atoms with Crippen LogP contribution in [0.1, 0.15) is 11.1 Å². The Kier molecular flexibility index (Phi) is 9.54. The van der Waals surface area contributed by atoms with Crippen LogP contribution < -0.4 is 14.7 Å². The second-order valence-electron chi connectivity index (χ2n) is 13.2. The second kappa shape index (κ2) is 15.2. The van der Waals surface area contributed by atoms with Gasteiger partial charge in [0.15, 0.2) is 0 Å². The largest absolute Gasteiger partial charge is 0.311 e. The summed E-state index contributed by atoms with van der Waals surface area (Å²) in [5.41, 5.74) is 14.8. The topological polar surface area (TPSA) is 9.72 Å². The molecule has 8 aromatic rings. The summed E-state index contributed by atoms with van der Waals surface area (Å²) in [6.07, 6.45) is 0. The van der Waals surface area contributed by atoms with E-state index >= 15 is 0 Å². The van der Waals surface area contributed by atoms with Crippen LogP contribution in [0.5, 0.6) is 0 Å². The van der Waals surface area contributed by atoms with Crippen molar-refractivity contribution in [2.45, 2.75) is 13.8 Å². The summed E-state index contributed by atoms with van der Waals surface area (Å²) >= 11 is 0. The third kappa shape index (κ3) is 7.06. The lowest BCUT2D eigenvalue weighted by Gasteiger charge is -2.30. The van der Waals surface area contributed by atoms with E-state index in [1.165, 1.54) is 22.3 Å². The lowest BCUT2D eigenvalue weighted by molar-refractivity contribution is 1.24. The molecule has 0 radical (unpaired) electrons. The highest BCUT2D eigenvalue weighted by atomic mass is 15.2. The van der Waals surface area contributed by atoms with Crippen molar-refractivity contribution in [3.05, 3.63) is 223 Å². The van der Waals surface area contributed by atoms with Crippen molar-refractivity contribution in [2.75, 3.05) is 14.7 Å². The van der Waals surface area contributed by atoms with Crippen LogP contribution in [0, 0.1) is 13.8 Å². The molecule has 0 fully saturated rings. The molecule has 53 heavy (non-hydrogen) atoms. The summed E-state index contributed by atoms with van der Waals surface area (Å²) in [6.45, 7) is 4.36. The van der Waals surface area contributed by atoms with Gasteiger partial charge in [-0.05, 0) is 128 Å². The number of hydrogen-bond acceptors (Lipinski definition) is 3. The molecule has 8 aromatic carbocycles. The number of benzene rings is 8. The van der Waals surface area contributed by atoms with Gasteiger partial charge in [-0.25, -0.2) is 0 Å². The molecule has 0 heterocycles. The quantitative estimate of drug-likeness (QED) is 0.142. The first kappa shape index (κ1) is 33.3. The summed E-state index contributed by atoms with van der Waals surface area (Å²) in [5.74, 6) is 0. The molecule has 0 N–H and O–H groups in total. The van der Waals surface area contributed by atoms with Gasteiger partial charge in [-0.2, -0.15) is 0 Å². The van der Waals surface area contributed by atoms with Crippen molar-refractivity contribution in [3.8, 4) is 11.1 Å². The fourth-order valence-electron chi connectivity index (χ4n) is 7.14. The predicted octanol–water partition coefficient (Wildman–Crippen LogP) is 14.4. The number of hydrogen-bond donors (Lipinski definition) is 0. The van der Waals surface area contributed by atoms with Crippen LogP contribution in [0.4, 0.5) is 51.2 Å². The zero-order chi connectivity index (χ0) is 36.0. The number of aryl methyl sites for hydroxylation is 2. The van der Waals surface area contributed by atoms with Crippen LogP contribution >= 0.6 is 0 Å². The van der Waals surface area contributed by atoms with E-state index in [0.29, 0.717) is 0 Å². The van der Waals surface area contributed by atoms with Crippen LogP contribution in [0.3, 0.4) is 0 Å². The highest BCUT2D eigenvalue weighted by Crippen LogP contribution is 2.44. The molecular weight excluding hydrogens is 643 g/mol. The summed E-state index contributed by atoms with van der Waals surface area (Å²) in [7, 11) is 0. The maximum Gasteiger partial charge on any atom is 0.0540 e. The van der Waals surface area contributed by atoms with Crippen LogP contribution in [0.2, 0.25) is 0 Å². The maximum absolute atomic E-state index is 2.38. The average Bonchev–Trinajstić information content (AvgIpc) is 3.21. The van der Waals surface area contributed by atoms with Crippen molar-refractivity contribution in [2.24, 2.45) is 0 Å². The van der Waals surface area contributed by atoms with E-state index in [9.17, 15) is 0 Å². The van der Waals surface area contributed by atoms with Crippen LogP contribution in [0.25, 0.3) is 11.1 Å². The van der Waals surface area contributed by atoms with Gasteiger partial charge in [0.1, 0.15) is 0 Å². The summed E-state index contributed by atoms with van der Waals surface area (Å²) in [4.78, 5) is 6.98. The first-order chi connectivity index (χ1) is 26.1. The fourth-order valence-corrected chi connectivity index (χ4v) is 7.14. The standard InChI is InChI=1S/C50H41N3/c1-38-27-36-48(39(2)37-38)49-25-15-16-26-50(49)53(46-32-28-44(29-33-46)51(40-17-7-3-8-18-40)41-19-9-4-10-20-41)47-34-30-45(31-35-47)52(42-21-11-5-12-22-42)43-23-13-6-14-24-43/h3-37H,1-2H3. The molecule has 3 heteroatoms. The monoisotopic (exact) mass is 683 g/mol. The fraction of sp³-hybridized carbons (Fsp3) is 0.0400. The first-order valence-corrected chi connectivity index (χ1v) is 18.1. The van der Waals surface area contributed by atoms with E-state index in [1.54, 1.807) is 0 Å². The Bertz CT molecular complexity index is 2190. The molecule has 0 aliphatic rings. The third-order valence-electron chi connectivity index (χ3n) is 9.61. The van der Waals surface area contributed by atoms with E-state index in [-0.39, 0.29) is 0 Å². The Morgan fingerprint density at radius 3 is 0.962 bits per heavy atom. The molecule has 0 spiro atoms. The molecule has 0 aliphatic carbocycles. The number of nitrogens with zero attached hydrogens (tertiary/aromatic N) is 3. The highest BCUT2D eigenvalue weighted by Gasteiger charge is 2.20. The van der Waals surface area contributed by atoms with Crippen molar-refractivity contribution >= 4 is 51.2 Å². The van der Waals surface area contributed by atoms with Crippen molar-refractivity contribution in [1.82, 2.24) is 0 Å². The third-order valence-corrected chi connectivity index (χ3v) is 9.61. The Balaban J connectivity index is 1.25. The number of para-hydroxylation sites is 5. The Labute approximate surface area is 313 Å². The normalized spacial score (nSPS) is 10.8. The molecule has 0 aliphatic heterocycles. The van der Waals surface area contributed by atoms with Crippen molar-refractivity contribution in [3.63, 3.8) is 0 Å². The molecular formula is C50H41N3. The molecule has 0 saturated carbocycles. The molecule has 0 saturated heterocycles. The van der Waals surface area contributed by atoms with Gasteiger partial charge >= 0.3 is 0 Å². The van der Waals surface area contributed by atoms with Gasteiger partial charge in [0.25, 0.3) is 0 Å². The van der Waals surface area contributed by atoms with Crippen molar-refractivity contribution in [1.29, 1.82) is 0 Å². The second-order valence-corrected chi connectivity index (χ2v) is 13.2. The van der Waals surface area contributed by atoms with E-state index < -0.39 is 0 Å². The molecule has 0 aromatic heterocycles. The Morgan fingerprint density at radius 2 is 0.585 bits per heavy atom.